The first-order valence-electron chi connectivity index (χ1n) is 32.4. The van der Waals surface area contributed by atoms with Crippen LogP contribution < -0.4 is 0 Å². The van der Waals surface area contributed by atoms with Gasteiger partial charge in [-0.25, -0.2) is 0 Å². The molecular formula is C68H124O14Si10. The molecule has 0 unspecified atom stereocenters. The van der Waals surface area contributed by atoms with Gasteiger partial charge in [-0.05, 0) is 235 Å². The molecule has 0 aliphatic rings. The SMILES string of the molecule is CC(C)(O)C(=O)c1ccc(CC[Si](C)(C)O[Si](C)(C)C)cc1.CC(C)(O)C(=O)c1ccccc1.CC(C)(O[Si](C)(O[Si](C)(C)C)O[Si](C)(C)C)C(=O)c1ccc(CC[Si](C)(C)O[Si](C)(C)C)cc1.CC(C)(O[Si](C)(O[Si](C)(C)C)O[Si](C)(C)C)C(=O)c1ccccc1. The maximum absolute atomic E-state index is 13.5. The van der Waals surface area contributed by atoms with Gasteiger partial charge in [-0.15, -0.1) is 0 Å². The summed E-state index contributed by atoms with van der Waals surface area (Å²) >= 11 is 0. The minimum atomic E-state index is -3.02. The second kappa shape index (κ2) is 33.7. The van der Waals surface area contributed by atoms with Gasteiger partial charge in [0.05, 0.1) is 0 Å². The molecule has 0 aliphatic heterocycles. The minimum absolute atomic E-state index is 0.0482. The molecule has 0 amide bonds. The number of Topliss-reactive ketones (excluding diaryl/α,β-unsaturated/α-hetero) is 4. The van der Waals surface area contributed by atoms with E-state index >= 15 is 0 Å². The van der Waals surface area contributed by atoms with Gasteiger partial charge in [0, 0.05) is 35.3 Å². The number of benzene rings is 4. The topological polar surface area (TPSA) is 183 Å². The Kier molecular flexibility index (Phi) is 32.0. The summed E-state index contributed by atoms with van der Waals surface area (Å²) < 4.78 is 51.2. The number of aliphatic hydroxyl groups is 2. The van der Waals surface area contributed by atoms with Gasteiger partial charge in [-0.2, -0.15) is 0 Å². The third-order valence-corrected chi connectivity index (χ3v) is 42.5. The molecule has 0 saturated carbocycles. The van der Waals surface area contributed by atoms with Gasteiger partial charge in [-0.1, -0.05) is 109 Å². The lowest BCUT2D eigenvalue weighted by atomic mass is 9.96. The van der Waals surface area contributed by atoms with E-state index in [0.717, 1.165) is 24.9 Å². The molecule has 0 atom stereocenters. The predicted molar refractivity (Wildman–Crippen MR) is 408 cm³/mol. The molecule has 0 aromatic heterocycles. The Morgan fingerprint density at radius 1 is 0.304 bits per heavy atom. The molecule has 0 spiro atoms. The molecule has 0 radical (unpaired) electrons. The quantitative estimate of drug-likeness (QED) is 0.0371. The van der Waals surface area contributed by atoms with Crippen LogP contribution in [0.4, 0.5) is 0 Å². The summed E-state index contributed by atoms with van der Waals surface area (Å²) in [6.07, 6.45) is 1.94. The summed E-state index contributed by atoms with van der Waals surface area (Å²) in [7, 11) is -20.0. The summed E-state index contributed by atoms with van der Waals surface area (Å²) in [5.41, 5.74) is 0.217. The van der Waals surface area contributed by atoms with Crippen LogP contribution >= 0.6 is 0 Å². The van der Waals surface area contributed by atoms with Gasteiger partial charge in [0.1, 0.15) is 22.4 Å². The molecule has 4 aromatic carbocycles. The molecule has 0 aliphatic carbocycles. The highest BCUT2D eigenvalue weighted by Crippen LogP contribution is 2.32. The Labute approximate surface area is 568 Å². The summed E-state index contributed by atoms with van der Waals surface area (Å²) in [5.74, 6) is -0.591. The maximum Gasteiger partial charge on any atom is 0.477 e. The fraction of sp³-hybridized carbons (Fsp3) is 0.588. The van der Waals surface area contributed by atoms with Gasteiger partial charge in [-0.3, -0.25) is 19.2 Å². The summed E-state index contributed by atoms with van der Waals surface area (Å²) in [6, 6.07) is 35.7. The molecular weight excluding hydrogens is 1320 g/mol. The molecule has 92 heavy (non-hydrogen) atoms. The predicted octanol–water partition coefficient (Wildman–Crippen LogP) is 18.4. The maximum atomic E-state index is 13.5. The lowest BCUT2D eigenvalue weighted by Crippen LogP contribution is -2.59. The summed E-state index contributed by atoms with van der Waals surface area (Å²) in [4.78, 5) is 49.8. The Balaban J connectivity index is 0.000000646. The van der Waals surface area contributed by atoms with Crippen LogP contribution in [0.25, 0.3) is 0 Å². The second-order valence-electron chi connectivity index (χ2n) is 33.3. The molecule has 4 rings (SSSR count). The number of hydrogen-bond acceptors (Lipinski definition) is 14. The average Bonchev–Trinajstić information content (AvgIpc) is 0.838. The third-order valence-electron chi connectivity index (χ3n) is 12.8. The van der Waals surface area contributed by atoms with Gasteiger partial charge in [0.25, 0.3) is 0 Å². The number of carbonyl (C=O) groups excluding carboxylic acids is 4. The first kappa shape index (κ1) is 87.3. The average molecular weight is 1450 g/mol. The Bertz CT molecular complexity index is 2910. The lowest BCUT2D eigenvalue weighted by molar-refractivity contribution is 0.0312. The van der Waals surface area contributed by atoms with E-state index in [2.05, 4.69) is 156 Å². The number of aryl methyl sites for hydroxylation is 2. The van der Waals surface area contributed by atoms with E-state index in [1.807, 2.05) is 99.7 Å². The standard InChI is InChI=1S/C24H50O5Si5.C17H32O4Si3.C17H30O3Si2.C10H12O2/c1-24(2,26-34(14,28-31(6,7)8)29-32(9,10)11)23(25)22-17-15-21(16-18-22)19-20-33(12,13)27-30(3,4)5;1-17(2,16(18)15-13-11-10-12-14-15)19-24(9,20-22(3,4)5)21-23(6,7)8;1-17(2,19)16(18)15-10-8-14(9-11-15)12-13-22(6,7)20-21(3,4)5;1-10(2,12)9(11)8-6-4-3-5-7-8/h15-18H,19-20H2,1-14H3;10-14H,1-9H3;8-11,19H,12-13H2,1-7H3;3-7,12H,1-2H3. The van der Waals surface area contributed by atoms with E-state index < -0.39 is 107 Å². The normalized spacial score (nSPS) is 13.6. The summed E-state index contributed by atoms with van der Waals surface area (Å²) in [6.45, 7) is 65.2. The van der Waals surface area contributed by atoms with E-state index in [-0.39, 0.29) is 23.1 Å². The lowest BCUT2D eigenvalue weighted by Gasteiger charge is -2.41. The van der Waals surface area contributed by atoms with E-state index in [1.54, 1.807) is 38.1 Å². The number of ketones is 4. The van der Waals surface area contributed by atoms with Gasteiger partial charge in [0.15, 0.2) is 89.7 Å². The van der Waals surface area contributed by atoms with Crippen molar-refractivity contribution in [1.82, 2.24) is 0 Å². The van der Waals surface area contributed by atoms with Crippen LogP contribution in [0, 0.1) is 0 Å². The second-order valence-corrected chi connectivity index (χ2v) is 75.5. The van der Waals surface area contributed by atoms with Crippen molar-refractivity contribution in [2.24, 2.45) is 0 Å². The van der Waals surface area contributed by atoms with Crippen LogP contribution in [0.2, 0.25) is 169 Å². The molecule has 24 heteroatoms. The third kappa shape index (κ3) is 36.6. The first-order chi connectivity index (χ1) is 40.9. The van der Waals surface area contributed by atoms with Gasteiger partial charge < -0.3 is 43.8 Å². The largest absolute Gasteiger partial charge is 0.477 e. The van der Waals surface area contributed by atoms with Crippen LogP contribution in [-0.4, -0.2) is 140 Å². The van der Waals surface area contributed by atoms with Gasteiger partial charge >= 0.3 is 17.6 Å². The molecule has 2 N–H and O–H groups in total. The van der Waals surface area contributed by atoms with E-state index in [1.165, 1.54) is 38.8 Å². The van der Waals surface area contributed by atoms with Crippen LogP contribution in [0.3, 0.4) is 0 Å². The monoisotopic (exact) mass is 1440 g/mol. The molecule has 0 fully saturated rings. The highest BCUT2D eigenvalue weighted by molar-refractivity contribution is 6.87. The fourth-order valence-corrected chi connectivity index (χ4v) is 47.7. The van der Waals surface area contributed by atoms with Crippen molar-refractivity contribution in [3.63, 3.8) is 0 Å². The highest BCUT2D eigenvalue weighted by Gasteiger charge is 2.50. The van der Waals surface area contributed by atoms with Crippen molar-refractivity contribution in [2.75, 3.05) is 0 Å². The zero-order valence-corrected chi connectivity index (χ0v) is 73.0. The molecule has 0 heterocycles. The van der Waals surface area contributed by atoms with Crippen LogP contribution in [-0.2, 0) is 46.4 Å². The van der Waals surface area contributed by atoms with E-state index in [9.17, 15) is 29.4 Å². The van der Waals surface area contributed by atoms with Gasteiger partial charge in [0.2, 0.25) is 0 Å². The van der Waals surface area contributed by atoms with Crippen molar-refractivity contribution in [2.45, 2.75) is 260 Å². The van der Waals surface area contributed by atoms with Crippen molar-refractivity contribution in [3.8, 4) is 0 Å². The zero-order chi connectivity index (χ0) is 72.0. The molecule has 0 saturated heterocycles. The first-order valence-corrected chi connectivity index (χ1v) is 63.5. The number of rotatable bonds is 30. The zero-order valence-electron chi connectivity index (χ0n) is 63.0. The fourth-order valence-electron chi connectivity index (χ4n) is 10.2. The highest BCUT2D eigenvalue weighted by atomic mass is 28.5. The van der Waals surface area contributed by atoms with E-state index in [0.29, 0.717) is 22.3 Å². The molecule has 14 nitrogen and oxygen atoms in total. The Morgan fingerprint density at radius 2 is 0.511 bits per heavy atom. The smallest absolute Gasteiger partial charge is 0.456 e. The van der Waals surface area contributed by atoms with Crippen molar-refractivity contribution in [3.05, 3.63) is 143 Å². The number of carbonyl (C=O) groups is 4. The van der Waals surface area contributed by atoms with Crippen molar-refractivity contribution >= 4 is 107 Å². The Hall–Kier alpha value is -2.67. The minimum Gasteiger partial charge on any atom is -0.456 e. The van der Waals surface area contributed by atoms with Crippen LogP contribution in [0.15, 0.2) is 109 Å². The Morgan fingerprint density at radius 3 is 0.728 bits per heavy atom. The number of hydrogen-bond donors (Lipinski definition) is 2. The van der Waals surface area contributed by atoms with Crippen molar-refractivity contribution in [1.29, 1.82) is 0 Å². The van der Waals surface area contributed by atoms with Crippen LogP contribution in [0.5, 0.6) is 0 Å². The molecule has 0 bridgehead atoms. The van der Waals surface area contributed by atoms with E-state index in [4.69, 9.17) is 33.5 Å². The summed E-state index contributed by atoms with van der Waals surface area (Å²) in [5, 5.41) is 19.2. The molecule has 4 aromatic rings. The van der Waals surface area contributed by atoms with Crippen LogP contribution in [0.1, 0.15) is 108 Å². The molecule has 520 valence electrons. The van der Waals surface area contributed by atoms with Crippen molar-refractivity contribution < 1.29 is 62.9 Å².